The van der Waals surface area contributed by atoms with Gasteiger partial charge in [0, 0.05) is 43.8 Å². The molecule has 0 spiro atoms. The van der Waals surface area contributed by atoms with E-state index in [9.17, 15) is 4.79 Å². The second kappa shape index (κ2) is 5.40. The Morgan fingerprint density at radius 1 is 1.17 bits per heavy atom. The summed E-state index contributed by atoms with van der Waals surface area (Å²) in [5.74, 6) is 0. The van der Waals surface area contributed by atoms with Crippen LogP contribution in [-0.2, 0) is 6.54 Å². The lowest BCUT2D eigenvalue weighted by atomic mass is 10.3. The van der Waals surface area contributed by atoms with Gasteiger partial charge in [0.25, 0.3) is 5.56 Å². The molecular weight excluding hydrogens is 226 g/mol. The minimum atomic E-state index is -0.0225. The van der Waals surface area contributed by atoms with Crippen molar-refractivity contribution in [2.75, 3.05) is 24.2 Å². The molecule has 0 fully saturated rings. The number of likely N-dealkylation sites (N-methyl/N-ethyl adjacent to an activating group) is 1. The average Bonchev–Trinajstić information content (AvgIpc) is 2.40. The monoisotopic (exact) mass is 243 g/mol. The van der Waals surface area contributed by atoms with Gasteiger partial charge >= 0.3 is 0 Å². The van der Waals surface area contributed by atoms with Crippen LogP contribution in [0.1, 0.15) is 0 Å². The molecule has 4 heteroatoms. The van der Waals surface area contributed by atoms with Crippen molar-refractivity contribution in [3.63, 3.8) is 0 Å². The summed E-state index contributed by atoms with van der Waals surface area (Å²) in [6.07, 6.45) is 1.68. The molecule has 0 aliphatic carbocycles. The number of aromatic nitrogens is 1. The third-order valence-corrected chi connectivity index (χ3v) is 2.88. The van der Waals surface area contributed by atoms with Crippen LogP contribution in [0.15, 0.2) is 53.5 Å². The standard InChI is InChI=1S/C14H17N3O/c1-16(13-5-3-2-4-6-13)9-10-17-11-12(15)7-8-14(17)18/h2-8,11H,9-10,15H2,1H3. The van der Waals surface area contributed by atoms with E-state index in [4.69, 9.17) is 5.73 Å². The van der Waals surface area contributed by atoms with Crippen molar-refractivity contribution in [1.29, 1.82) is 0 Å². The Labute approximate surface area is 106 Å². The first kappa shape index (κ1) is 12.2. The Bertz CT molecular complexity index is 563. The molecule has 94 valence electrons. The fourth-order valence-corrected chi connectivity index (χ4v) is 1.79. The van der Waals surface area contributed by atoms with Crippen molar-refractivity contribution >= 4 is 11.4 Å². The van der Waals surface area contributed by atoms with Gasteiger partial charge in [0.1, 0.15) is 0 Å². The Morgan fingerprint density at radius 2 is 1.89 bits per heavy atom. The number of nitrogens with zero attached hydrogens (tertiary/aromatic N) is 2. The first-order valence-corrected chi connectivity index (χ1v) is 5.89. The summed E-state index contributed by atoms with van der Waals surface area (Å²) in [4.78, 5) is 13.7. The molecule has 0 saturated carbocycles. The predicted octanol–water partition coefficient (Wildman–Crippen LogP) is 1.57. The second-order valence-corrected chi connectivity index (χ2v) is 4.25. The lowest BCUT2D eigenvalue weighted by molar-refractivity contribution is 0.662. The van der Waals surface area contributed by atoms with E-state index in [2.05, 4.69) is 4.90 Å². The highest BCUT2D eigenvalue weighted by Crippen LogP contribution is 2.10. The lowest BCUT2D eigenvalue weighted by Gasteiger charge is -2.19. The van der Waals surface area contributed by atoms with Crippen molar-refractivity contribution in [2.45, 2.75) is 6.54 Å². The van der Waals surface area contributed by atoms with Gasteiger partial charge in [-0.25, -0.2) is 0 Å². The number of rotatable bonds is 4. The molecule has 1 aromatic carbocycles. The van der Waals surface area contributed by atoms with Crippen LogP contribution in [0, 0.1) is 0 Å². The molecule has 0 amide bonds. The van der Waals surface area contributed by atoms with Gasteiger partial charge < -0.3 is 15.2 Å². The van der Waals surface area contributed by atoms with E-state index in [1.165, 1.54) is 6.07 Å². The zero-order valence-electron chi connectivity index (χ0n) is 10.4. The van der Waals surface area contributed by atoms with Crippen LogP contribution < -0.4 is 16.2 Å². The zero-order valence-corrected chi connectivity index (χ0v) is 10.4. The third kappa shape index (κ3) is 2.91. The number of benzene rings is 1. The molecule has 1 aromatic heterocycles. The summed E-state index contributed by atoms with van der Waals surface area (Å²) < 4.78 is 1.63. The topological polar surface area (TPSA) is 51.3 Å². The third-order valence-electron chi connectivity index (χ3n) is 2.88. The van der Waals surface area contributed by atoms with Crippen LogP contribution in [0.5, 0.6) is 0 Å². The zero-order chi connectivity index (χ0) is 13.0. The smallest absolute Gasteiger partial charge is 0.250 e. The van der Waals surface area contributed by atoms with Gasteiger partial charge in [-0.3, -0.25) is 4.79 Å². The first-order valence-electron chi connectivity index (χ1n) is 5.89. The Hall–Kier alpha value is -2.23. The van der Waals surface area contributed by atoms with Crippen molar-refractivity contribution < 1.29 is 0 Å². The fourth-order valence-electron chi connectivity index (χ4n) is 1.79. The molecule has 0 unspecified atom stereocenters. The van der Waals surface area contributed by atoms with Gasteiger partial charge in [0.15, 0.2) is 0 Å². The van der Waals surface area contributed by atoms with Gasteiger partial charge in [0.2, 0.25) is 0 Å². The van der Waals surface area contributed by atoms with Crippen molar-refractivity contribution in [1.82, 2.24) is 4.57 Å². The maximum atomic E-state index is 11.6. The molecule has 0 bridgehead atoms. The highest BCUT2D eigenvalue weighted by Gasteiger charge is 2.01. The molecule has 0 radical (unpaired) electrons. The highest BCUT2D eigenvalue weighted by atomic mass is 16.1. The van der Waals surface area contributed by atoms with E-state index in [-0.39, 0.29) is 5.56 Å². The van der Waals surface area contributed by atoms with Crippen LogP contribution in [0.25, 0.3) is 0 Å². The average molecular weight is 243 g/mol. The molecule has 1 heterocycles. The number of hydrogen-bond donors (Lipinski definition) is 1. The minimum Gasteiger partial charge on any atom is -0.398 e. The van der Waals surface area contributed by atoms with E-state index in [0.717, 1.165) is 12.2 Å². The van der Waals surface area contributed by atoms with Crippen LogP contribution in [0.3, 0.4) is 0 Å². The largest absolute Gasteiger partial charge is 0.398 e. The molecule has 0 aliphatic rings. The van der Waals surface area contributed by atoms with Crippen LogP contribution in [0.2, 0.25) is 0 Å². The number of nitrogen functional groups attached to an aromatic ring is 1. The van der Waals surface area contributed by atoms with Crippen LogP contribution >= 0.6 is 0 Å². The molecule has 4 nitrogen and oxygen atoms in total. The van der Waals surface area contributed by atoms with Gasteiger partial charge in [-0.05, 0) is 18.2 Å². The van der Waals surface area contributed by atoms with E-state index >= 15 is 0 Å². The summed E-state index contributed by atoms with van der Waals surface area (Å²) in [6, 6.07) is 13.2. The van der Waals surface area contributed by atoms with E-state index in [1.807, 2.05) is 37.4 Å². The fraction of sp³-hybridized carbons (Fsp3) is 0.214. The maximum Gasteiger partial charge on any atom is 0.250 e. The van der Waals surface area contributed by atoms with E-state index in [1.54, 1.807) is 16.8 Å². The molecule has 2 aromatic rings. The molecule has 2 rings (SSSR count). The first-order chi connectivity index (χ1) is 8.66. The summed E-state index contributed by atoms with van der Waals surface area (Å²) >= 11 is 0. The maximum absolute atomic E-state index is 11.6. The quantitative estimate of drug-likeness (QED) is 0.886. The normalized spacial score (nSPS) is 10.3. The summed E-state index contributed by atoms with van der Waals surface area (Å²) in [7, 11) is 2.01. The summed E-state index contributed by atoms with van der Waals surface area (Å²) in [5, 5.41) is 0. The van der Waals surface area contributed by atoms with E-state index < -0.39 is 0 Å². The number of para-hydroxylation sites is 1. The molecule has 0 atom stereocenters. The van der Waals surface area contributed by atoms with Crippen molar-refractivity contribution in [3.8, 4) is 0 Å². The Balaban J connectivity index is 2.04. The number of hydrogen-bond acceptors (Lipinski definition) is 3. The van der Waals surface area contributed by atoms with Gasteiger partial charge in [-0.2, -0.15) is 0 Å². The molecule has 0 aliphatic heterocycles. The molecule has 18 heavy (non-hydrogen) atoms. The van der Waals surface area contributed by atoms with Crippen LogP contribution in [-0.4, -0.2) is 18.2 Å². The van der Waals surface area contributed by atoms with Gasteiger partial charge in [-0.15, -0.1) is 0 Å². The molecule has 0 saturated heterocycles. The predicted molar refractivity (Wildman–Crippen MR) is 74.8 cm³/mol. The highest BCUT2D eigenvalue weighted by molar-refractivity contribution is 5.44. The number of pyridine rings is 1. The number of nitrogens with two attached hydrogens (primary N) is 1. The lowest BCUT2D eigenvalue weighted by Crippen LogP contribution is -2.27. The van der Waals surface area contributed by atoms with Gasteiger partial charge in [-0.1, -0.05) is 18.2 Å². The number of anilines is 2. The minimum absolute atomic E-state index is 0.0225. The van der Waals surface area contributed by atoms with Gasteiger partial charge in [0.05, 0.1) is 0 Å². The second-order valence-electron chi connectivity index (χ2n) is 4.25. The van der Waals surface area contributed by atoms with E-state index in [0.29, 0.717) is 12.2 Å². The summed E-state index contributed by atoms with van der Waals surface area (Å²) in [5.41, 5.74) is 7.39. The molecule has 2 N–H and O–H groups in total. The van der Waals surface area contributed by atoms with Crippen LogP contribution in [0.4, 0.5) is 11.4 Å². The van der Waals surface area contributed by atoms with Crippen molar-refractivity contribution in [3.05, 3.63) is 59.0 Å². The van der Waals surface area contributed by atoms with Crippen molar-refractivity contribution in [2.24, 2.45) is 0 Å². The summed E-state index contributed by atoms with van der Waals surface area (Å²) in [6.45, 7) is 1.38. The molecular formula is C14H17N3O. The Morgan fingerprint density at radius 3 is 2.61 bits per heavy atom. The Kier molecular flexibility index (Phi) is 3.67. The SMILES string of the molecule is CN(CCn1cc(N)ccc1=O)c1ccccc1.